The van der Waals surface area contributed by atoms with Crippen molar-refractivity contribution in [2.75, 3.05) is 13.1 Å². The number of Topliss-reactive ketones (excluding diaryl/α,β-unsaturated/α-hetero) is 1. The van der Waals surface area contributed by atoms with Crippen LogP contribution in [-0.4, -0.2) is 41.1 Å². The molecule has 0 spiro atoms. The molecule has 5 nitrogen and oxygen atoms in total. The highest BCUT2D eigenvalue weighted by molar-refractivity contribution is 6.31. The summed E-state index contributed by atoms with van der Waals surface area (Å²) in [6.07, 6.45) is 3.19. The predicted octanol–water partition coefficient (Wildman–Crippen LogP) is 3.63. The number of ether oxygens (including phenoxy) is 1. The molecule has 1 aliphatic heterocycles. The number of phenols is 1. The third-order valence-electron chi connectivity index (χ3n) is 4.10. The Morgan fingerprint density at radius 1 is 1.26 bits per heavy atom. The van der Waals surface area contributed by atoms with Crippen molar-refractivity contribution in [3.05, 3.63) is 28.3 Å². The summed E-state index contributed by atoms with van der Waals surface area (Å²) in [5.41, 5.74) is -0.0178. The van der Waals surface area contributed by atoms with Gasteiger partial charge in [0.05, 0.1) is 5.56 Å². The minimum atomic E-state index is -0.673. The Morgan fingerprint density at radius 3 is 2.48 bits per heavy atom. The van der Waals surface area contributed by atoms with Crippen LogP contribution in [0.3, 0.4) is 0 Å². The predicted molar refractivity (Wildman–Crippen MR) is 88.0 cm³/mol. The summed E-state index contributed by atoms with van der Waals surface area (Å²) in [7, 11) is 0. The number of rotatable bonds is 5. The summed E-state index contributed by atoms with van der Waals surface area (Å²) in [4.78, 5) is 26.3. The normalized spacial score (nSPS) is 16.8. The molecule has 126 valence electrons. The average Bonchev–Trinajstić information content (AvgIpc) is 2.56. The van der Waals surface area contributed by atoms with Gasteiger partial charge in [0.2, 0.25) is 0 Å². The lowest BCUT2D eigenvalue weighted by atomic mass is 10.0. The van der Waals surface area contributed by atoms with Crippen LogP contribution in [0.2, 0.25) is 5.02 Å². The number of esters is 1. The number of hydrogen-bond acceptors (Lipinski definition) is 5. The molecule has 1 aromatic rings. The molecule has 2 rings (SSSR count). The van der Waals surface area contributed by atoms with E-state index in [1.807, 2.05) is 6.92 Å². The zero-order chi connectivity index (χ0) is 17.0. The number of piperidine rings is 1. The molecule has 1 N–H and O–H groups in total. The highest BCUT2D eigenvalue weighted by atomic mass is 35.5. The second-order valence-electron chi connectivity index (χ2n) is 5.73. The Labute approximate surface area is 141 Å². The Balaban J connectivity index is 2.18. The first-order valence-electron chi connectivity index (χ1n) is 7.94. The first-order valence-corrected chi connectivity index (χ1v) is 8.32. The van der Waals surface area contributed by atoms with Crippen LogP contribution in [-0.2, 0) is 4.74 Å². The van der Waals surface area contributed by atoms with Gasteiger partial charge in [-0.25, -0.2) is 4.79 Å². The highest BCUT2D eigenvalue weighted by Gasteiger charge is 2.24. The second-order valence-corrected chi connectivity index (χ2v) is 6.16. The van der Waals surface area contributed by atoms with Crippen LogP contribution < -0.4 is 0 Å². The molecule has 0 aromatic heterocycles. The minimum absolute atomic E-state index is 0.0533. The average molecular weight is 340 g/mol. The lowest BCUT2D eigenvalue weighted by Crippen LogP contribution is -2.40. The van der Waals surface area contributed by atoms with Crippen LogP contribution in [0.5, 0.6) is 5.75 Å². The molecule has 0 unspecified atom stereocenters. The fourth-order valence-electron chi connectivity index (χ4n) is 2.73. The summed E-state index contributed by atoms with van der Waals surface area (Å²) in [5.74, 6) is -1.31. The molecule has 0 bridgehead atoms. The quantitative estimate of drug-likeness (QED) is 0.655. The van der Waals surface area contributed by atoms with Gasteiger partial charge in [0.25, 0.3) is 0 Å². The van der Waals surface area contributed by atoms with E-state index >= 15 is 0 Å². The van der Waals surface area contributed by atoms with E-state index in [4.69, 9.17) is 16.3 Å². The number of likely N-dealkylation sites (tertiary alicyclic amines) is 1. The number of carbonyl (C=O) groups excluding carboxylic acids is 2. The van der Waals surface area contributed by atoms with Gasteiger partial charge in [-0.15, -0.1) is 0 Å². The number of benzene rings is 1. The largest absolute Gasteiger partial charge is 0.506 e. The van der Waals surface area contributed by atoms with E-state index < -0.39 is 5.97 Å². The smallest absolute Gasteiger partial charge is 0.343 e. The lowest BCUT2D eigenvalue weighted by Gasteiger charge is -2.31. The van der Waals surface area contributed by atoms with Crippen LogP contribution in [0.4, 0.5) is 0 Å². The van der Waals surface area contributed by atoms with E-state index in [-0.39, 0.29) is 40.3 Å². The molecule has 1 aliphatic rings. The Kier molecular flexibility index (Phi) is 6.02. The molecule has 0 saturated carbocycles. The topological polar surface area (TPSA) is 66.8 Å². The third kappa shape index (κ3) is 4.24. The summed E-state index contributed by atoms with van der Waals surface area (Å²) in [6.45, 7) is 5.26. The SMILES string of the molecule is CCC(=O)c1cc(Cl)cc(C(=O)O[C@@H](C)N2CCCCC2)c1O. The molecular formula is C17H22ClNO4. The van der Waals surface area contributed by atoms with E-state index in [0.717, 1.165) is 25.9 Å². The zero-order valence-electron chi connectivity index (χ0n) is 13.5. The van der Waals surface area contributed by atoms with E-state index in [1.165, 1.54) is 18.6 Å². The van der Waals surface area contributed by atoms with Crippen molar-refractivity contribution in [2.45, 2.75) is 45.8 Å². The Bertz CT molecular complexity index is 597. The van der Waals surface area contributed by atoms with Gasteiger partial charge in [-0.2, -0.15) is 0 Å². The first-order chi connectivity index (χ1) is 10.9. The Hall–Kier alpha value is -1.59. The number of carbonyl (C=O) groups is 2. The molecule has 1 saturated heterocycles. The van der Waals surface area contributed by atoms with Gasteiger partial charge >= 0.3 is 5.97 Å². The molecule has 1 aromatic carbocycles. The van der Waals surface area contributed by atoms with Gasteiger partial charge in [-0.3, -0.25) is 9.69 Å². The van der Waals surface area contributed by atoms with Crippen molar-refractivity contribution in [3.8, 4) is 5.75 Å². The van der Waals surface area contributed by atoms with Crippen LogP contribution in [0, 0.1) is 0 Å². The molecule has 0 radical (unpaired) electrons. The van der Waals surface area contributed by atoms with E-state index in [1.54, 1.807) is 6.92 Å². The van der Waals surface area contributed by atoms with Crippen LogP contribution in [0.15, 0.2) is 12.1 Å². The van der Waals surface area contributed by atoms with Gasteiger partial charge in [-0.05, 0) is 31.9 Å². The van der Waals surface area contributed by atoms with Crippen molar-refractivity contribution >= 4 is 23.4 Å². The molecule has 1 fully saturated rings. The maximum atomic E-state index is 12.4. The van der Waals surface area contributed by atoms with Gasteiger partial charge in [0.15, 0.2) is 12.0 Å². The van der Waals surface area contributed by atoms with E-state index in [0.29, 0.717) is 0 Å². The monoisotopic (exact) mass is 339 g/mol. The van der Waals surface area contributed by atoms with Crippen LogP contribution in [0.25, 0.3) is 0 Å². The molecule has 0 aliphatic carbocycles. The summed E-state index contributed by atoms with van der Waals surface area (Å²) in [5, 5.41) is 10.4. The van der Waals surface area contributed by atoms with E-state index in [2.05, 4.69) is 4.90 Å². The van der Waals surface area contributed by atoms with Crippen LogP contribution in [0.1, 0.15) is 60.2 Å². The molecule has 1 heterocycles. The number of hydrogen-bond donors (Lipinski definition) is 1. The van der Waals surface area contributed by atoms with Crippen LogP contribution >= 0.6 is 11.6 Å². The summed E-state index contributed by atoms with van der Waals surface area (Å²) in [6, 6.07) is 2.70. The summed E-state index contributed by atoms with van der Waals surface area (Å²) < 4.78 is 5.44. The van der Waals surface area contributed by atoms with Gasteiger partial charge in [-0.1, -0.05) is 24.9 Å². The number of ketones is 1. The molecule has 1 atom stereocenters. The fourth-order valence-corrected chi connectivity index (χ4v) is 2.95. The van der Waals surface area contributed by atoms with Crippen molar-refractivity contribution in [3.63, 3.8) is 0 Å². The van der Waals surface area contributed by atoms with Gasteiger partial charge in [0.1, 0.15) is 11.3 Å². The van der Waals surface area contributed by atoms with Crippen molar-refractivity contribution in [2.24, 2.45) is 0 Å². The fraction of sp³-hybridized carbons (Fsp3) is 0.529. The lowest BCUT2D eigenvalue weighted by molar-refractivity contribution is -0.0300. The minimum Gasteiger partial charge on any atom is -0.506 e. The maximum Gasteiger partial charge on any atom is 0.343 e. The molecule has 23 heavy (non-hydrogen) atoms. The second kappa shape index (κ2) is 7.79. The molecule has 6 heteroatoms. The Morgan fingerprint density at radius 2 is 1.87 bits per heavy atom. The number of phenolic OH excluding ortho intramolecular Hbond substituents is 1. The molecule has 0 amide bonds. The first kappa shape index (κ1) is 17.8. The molecular weight excluding hydrogens is 318 g/mol. The van der Waals surface area contributed by atoms with Crippen molar-refractivity contribution in [1.82, 2.24) is 4.90 Å². The third-order valence-corrected chi connectivity index (χ3v) is 4.32. The van der Waals surface area contributed by atoms with Crippen molar-refractivity contribution < 1.29 is 19.4 Å². The zero-order valence-corrected chi connectivity index (χ0v) is 14.2. The maximum absolute atomic E-state index is 12.4. The standard InChI is InChI=1S/C17H22ClNO4/c1-3-15(20)13-9-12(18)10-14(16(13)21)17(22)23-11(2)19-7-5-4-6-8-19/h9-11,21H,3-8H2,1-2H3/t11-/m0/s1. The number of aromatic hydroxyl groups is 1. The van der Waals surface area contributed by atoms with Gasteiger partial charge in [0, 0.05) is 24.5 Å². The summed E-state index contributed by atoms with van der Waals surface area (Å²) >= 11 is 5.97. The number of halogens is 1. The number of nitrogens with zero attached hydrogens (tertiary/aromatic N) is 1. The van der Waals surface area contributed by atoms with Gasteiger partial charge < -0.3 is 9.84 Å². The van der Waals surface area contributed by atoms with E-state index in [9.17, 15) is 14.7 Å². The van der Waals surface area contributed by atoms with Crippen molar-refractivity contribution in [1.29, 1.82) is 0 Å². The highest BCUT2D eigenvalue weighted by Crippen LogP contribution is 2.29.